The highest BCUT2D eigenvalue weighted by atomic mass is 32.1. The fourth-order valence-corrected chi connectivity index (χ4v) is 2.88. The van der Waals surface area contributed by atoms with Gasteiger partial charge in [0.25, 0.3) is 5.91 Å². The summed E-state index contributed by atoms with van der Waals surface area (Å²) in [5.41, 5.74) is -0.701. The number of aromatic nitrogens is 1. The summed E-state index contributed by atoms with van der Waals surface area (Å²) in [5.74, 6) is -0.130. The first-order chi connectivity index (χ1) is 8.09. The number of aliphatic hydroxyl groups is 1. The van der Waals surface area contributed by atoms with E-state index in [9.17, 15) is 9.90 Å². The first-order valence-corrected chi connectivity index (χ1v) is 6.84. The zero-order valence-electron chi connectivity index (χ0n) is 10.0. The molecular weight excluding hydrogens is 236 g/mol. The molecule has 17 heavy (non-hydrogen) atoms. The number of nitrogens with zero attached hydrogens (tertiary/aromatic N) is 1. The van der Waals surface area contributed by atoms with E-state index >= 15 is 0 Å². The molecule has 0 spiro atoms. The van der Waals surface area contributed by atoms with Gasteiger partial charge in [0.2, 0.25) is 0 Å². The van der Waals surface area contributed by atoms with E-state index in [0.717, 1.165) is 30.7 Å². The Morgan fingerprint density at radius 1 is 1.53 bits per heavy atom. The van der Waals surface area contributed by atoms with E-state index in [0.29, 0.717) is 11.4 Å². The zero-order valence-corrected chi connectivity index (χ0v) is 10.8. The molecule has 0 bridgehead atoms. The number of hydrogen-bond donors (Lipinski definition) is 2. The molecular formula is C12H18N2O2S. The average molecular weight is 254 g/mol. The van der Waals surface area contributed by atoms with Crippen molar-refractivity contribution in [2.75, 3.05) is 6.54 Å². The van der Waals surface area contributed by atoms with Crippen LogP contribution < -0.4 is 5.32 Å². The molecule has 0 saturated heterocycles. The summed E-state index contributed by atoms with van der Waals surface area (Å²) in [6, 6.07) is 0. The summed E-state index contributed by atoms with van der Waals surface area (Å²) in [6.07, 6.45) is 6.44. The largest absolute Gasteiger partial charge is 0.388 e. The molecule has 0 aliphatic heterocycles. The van der Waals surface area contributed by atoms with Crippen molar-refractivity contribution in [2.24, 2.45) is 0 Å². The lowest BCUT2D eigenvalue weighted by Crippen LogP contribution is -2.44. The van der Waals surface area contributed by atoms with Gasteiger partial charge in [0, 0.05) is 6.54 Å². The van der Waals surface area contributed by atoms with E-state index in [2.05, 4.69) is 10.3 Å². The molecule has 94 valence electrons. The van der Waals surface area contributed by atoms with Crippen LogP contribution in [0.25, 0.3) is 0 Å². The van der Waals surface area contributed by atoms with E-state index < -0.39 is 5.60 Å². The smallest absolute Gasteiger partial charge is 0.263 e. The van der Waals surface area contributed by atoms with Crippen molar-refractivity contribution in [3.8, 4) is 0 Å². The summed E-state index contributed by atoms with van der Waals surface area (Å²) in [6.45, 7) is 2.22. The number of hydrogen-bond acceptors (Lipinski definition) is 4. The third-order valence-electron chi connectivity index (χ3n) is 3.21. The third kappa shape index (κ3) is 3.26. The Morgan fingerprint density at radius 2 is 2.24 bits per heavy atom. The molecule has 2 rings (SSSR count). The second-order valence-corrected chi connectivity index (χ2v) is 5.95. The Bertz CT molecular complexity index is 397. The Morgan fingerprint density at radius 3 is 2.82 bits per heavy atom. The van der Waals surface area contributed by atoms with E-state index in [1.165, 1.54) is 17.8 Å². The van der Waals surface area contributed by atoms with Crippen molar-refractivity contribution in [3.63, 3.8) is 0 Å². The monoisotopic (exact) mass is 254 g/mol. The van der Waals surface area contributed by atoms with Gasteiger partial charge in [-0.3, -0.25) is 4.79 Å². The van der Waals surface area contributed by atoms with Crippen molar-refractivity contribution in [1.29, 1.82) is 0 Å². The number of carbonyl (C=O) groups excluding carboxylic acids is 1. The van der Waals surface area contributed by atoms with Crippen LogP contribution in [0.15, 0.2) is 6.20 Å². The molecule has 0 atom stereocenters. The molecule has 1 amide bonds. The summed E-state index contributed by atoms with van der Waals surface area (Å²) < 4.78 is 0. The minimum atomic E-state index is -0.701. The van der Waals surface area contributed by atoms with Crippen LogP contribution in [0.4, 0.5) is 0 Å². The lowest BCUT2D eigenvalue weighted by atomic mass is 9.85. The molecule has 1 aromatic rings. The number of amides is 1. The van der Waals surface area contributed by atoms with Gasteiger partial charge in [-0.05, 0) is 19.8 Å². The van der Waals surface area contributed by atoms with Gasteiger partial charge >= 0.3 is 0 Å². The van der Waals surface area contributed by atoms with Crippen LogP contribution in [0, 0.1) is 6.92 Å². The highest BCUT2D eigenvalue weighted by Gasteiger charge is 2.29. The topological polar surface area (TPSA) is 62.2 Å². The van der Waals surface area contributed by atoms with Crippen LogP contribution in [-0.4, -0.2) is 28.1 Å². The Balaban J connectivity index is 1.87. The maximum atomic E-state index is 11.8. The Kier molecular flexibility index (Phi) is 3.79. The van der Waals surface area contributed by atoms with Gasteiger partial charge in [0.1, 0.15) is 4.88 Å². The maximum absolute atomic E-state index is 11.8. The predicted octanol–water partition coefficient (Wildman–Crippen LogP) is 1.88. The standard InChI is InChI=1S/C12H18N2O2S/c1-9-13-7-10(17-9)11(15)14-8-12(16)5-3-2-4-6-12/h7,16H,2-6,8H2,1H3,(H,14,15). The Hall–Kier alpha value is -0.940. The lowest BCUT2D eigenvalue weighted by molar-refractivity contribution is 0.00529. The molecule has 1 saturated carbocycles. The average Bonchev–Trinajstić information content (AvgIpc) is 2.74. The summed E-state index contributed by atoms with van der Waals surface area (Å²) >= 11 is 1.38. The Labute approximate surface area is 105 Å². The van der Waals surface area contributed by atoms with Crippen LogP contribution >= 0.6 is 11.3 Å². The molecule has 0 aromatic carbocycles. The van der Waals surface area contributed by atoms with Gasteiger partial charge in [-0.15, -0.1) is 11.3 Å². The van der Waals surface area contributed by atoms with Crippen LogP contribution in [0.5, 0.6) is 0 Å². The summed E-state index contributed by atoms with van der Waals surface area (Å²) in [5, 5.41) is 13.9. The lowest BCUT2D eigenvalue weighted by Gasteiger charge is -2.31. The zero-order chi connectivity index (χ0) is 12.3. The number of rotatable bonds is 3. The number of aryl methyl sites for hydroxylation is 1. The van der Waals surface area contributed by atoms with E-state index in [4.69, 9.17) is 0 Å². The summed E-state index contributed by atoms with van der Waals surface area (Å²) in [7, 11) is 0. The van der Waals surface area contributed by atoms with Crippen molar-refractivity contribution >= 4 is 17.2 Å². The van der Waals surface area contributed by atoms with Crippen LogP contribution in [-0.2, 0) is 0 Å². The molecule has 4 nitrogen and oxygen atoms in total. The molecule has 2 N–H and O–H groups in total. The van der Waals surface area contributed by atoms with Crippen LogP contribution in [0.2, 0.25) is 0 Å². The maximum Gasteiger partial charge on any atom is 0.263 e. The molecule has 0 radical (unpaired) electrons. The predicted molar refractivity (Wildman–Crippen MR) is 67.2 cm³/mol. The van der Waals surface area contributed by atoms with Gasteiger partial charge in [-0.1, -0.05) is 19.3 Å². The second-order valence-electron chi connectivity index (χ2n) is 4.71. The normalized spacial score (nSPS) is 18.9. The molecule has 5 heteroatoms. The summed E-state index contributed by atoms with van der Waals surface area (Å²) in [4.78, 5) is 16.4. The second kappa shape index (κ2) is 5.14. The van der Waals surface area contributed by atoms with Gasteiger partial charge < -0.3 is 10.4 Å². The third-order valence-corrected chi connectivity index (χ3v) is 4.12. The molecule has 1 heterocycles. The van der Waals surface area contributed by atoms with Gasteiger partial charge in [0.05, 0.1) is 16.8 Å². The highest BCUT2D eigenvalue weighted by molar-refractivity contribution is 7.13. The first-order valence-electron chi connectivity index (χ1n) is 6.02. The first kappa shape index (κ1) is 12.5. The van der Waals surface area contributed by atoms with E-state index in [1.54, 1.807) is 6.20 Å². The number of carbonyl (C=O) groups is 1. The van der Waals surface area contributed by atoms with E-state index in [1.807, 2.05) is 6.92 Å². The molecule has 0 unspecified atom stereocenters. The fraction of sp³-hybridized carbons (Fsp3) is 0.667. The highest BCUT2D eigenvalue weighted by Crippen LogP contribution is 2.27. The van der Waals surface area contributed by atoms with Gasteiger partial charge in [-0.25, -0.2) is 4.98 Å². The van der Waals surface area contributed by atoms with Crippen LogP contribution in [0.3, 0.4) is 0 Å². The molecule has 1 aliphatic rings. The number of nitrogens with one attached hydrogen (secondary N) is 1. The van der Waals surface area contributed by atoms with Crippen molar-refractivity contribution in [2.45, 2.75) is 44.6 Å². The minimum absolute atomic E-state index is 0.130. The molecule has 1 aromatic heterocycles. The minimum Gasteiger partial charge on any atom is -0.388 e. The van der Waals surface area contributed by atoms with Gasteiger partial charge in [0.15, 0.2) is 0 Å². The SMILES string of the molecule is Cc1ncc(C(=O)NCC2(O)CCCCC2)s1. The molecule has 1 fully saturated rings. The van der Waals surface area contributed by atoms with E-state index in [-0.39, 0.29) is 5.91 Å². The molecule has 1 aliphatic carbocycles. The van der Waals surface area contributed by atoms with Gasteiger partial charge in [-0.2, -0.15) is 0 Å². The number of thiazole rings is 1. The van der Waals surface area contributed by atoms with Crippen molar-refractivity contribution in [1.82, 2.24) is 10.3 Å². The fourth-order valence-electron chi connectivity index (χ4n) is 2.18. The quantitative estimate of drug-likeness (QED) is 0.865. The van der Waals surface area contributed by atoms with Crippen LogP contribution in [0.1, 0.15) is 46.8 Å². The van der Waals surface area contributed by atoms with Crippen molar-refractivity contribution in [3.05, 3.63) is 16.1 Å². The van der Waals surface area contributed by atoms with Crippen molar-refractivity contribution < 1.29 is 9.90 Å².